The van der Waals surface area contributed by atoms with E-state index in [1.807, 2.05) is 13.8 Å². The molecule has 0 radical (unpaired) electrons. The molecular weight excluding hydrogens is 282 g/mol. The molecule has 0 atom stereocenters. The standard InChI is InChI=1S/C13H14ClN3O3/c1-7(2)4-9-11(14)15-12-10(17(19)20)5-8(3)6-16(12)13(9)18/h5-7H,4H2,1-3H3. The number of fused-ring (bicyclic) bond motifs is 1. The number of aromatic nitrogens is 2. The highest BCUT2D eigenvalue weighted by Crippen LogP contribution is 2.22. The second-order valence-electron chi connectivity index (χ2n) is 5.14. The molecule has 0 spiro atoms. The van der Waals surface area contributed by atoms with E-state index < -0.39 is 4.92 Å². The summed E-state index contributed by atoms with van der Waals surface area (Å²) >= 11 is 6.02. The van der Waals surface area contributed by atoms with E-state index in [0.29, 0.717) is 17.5 Å². The summed E-state index contributed by atoms with van der Waals surface area (Å²) < 4.78 is 1.21. The fourth-order valence-electron chi connectivity index (χ4n) is 2.08. The third-order valence-electron chi connectivity index (χ3n) is 2.89. The highest BCUT2D eigenvalue weighted by Gasteiger charge is 2.20. The highest BCUT2D eigenvalue weighted by molar-refractivity contribution is 6.30. The van der Waals surface area contributed by atoms with Gasteiger partial charge in [0.25, 0.3) is 5.56 Å². The summed E-state index contributed by atoms with van der Waals surface area (Å²) in [7, 11) is 0. The monoisotopic (exact) mass is 295 g/mol. The van der Waals surface area contributed by atoms with Crippen LogP contribution in [0.1, 0.15) is 25.0 Å². The van der Waals surface area contributed by atoms with Gasteiger partial charge in [-0.25, -0.2) is 4.98 Å². The summed E-state index contributed by atoms with van der Waals surface area (Å²) in [5, 5.41) is 11.1. The Kier molecular flexibility index (Phi) is 3.76. The van der Waals surface area contributed by atoms with Crippen molar-refractivity contribution in [3.63, 3.8) is 0 Å². The van der Waals surface area contributed by atoms with Crippen molar-refractivity contribution in [1.82, 2.24) is 9.38 Å². The van der Waals surface area contributed by atoms with Gasteiger partial charge >= 0.3 is 5.69 Å². The number of rotatable bonds is 3. The number of nitrogens with zero attached hydrogens (tertiary/aromatic N) is 3. The van der Waals surface area contributed by atoms with Crippen molar-refractivity contribution in [1.29, 1.82) is 0 Å². The molecular formula is C13H14ClN3O3. The minimum Gasteiger partial charge on any atom is -0.269 e. The second kappa shape index (κ2) is 5.20. The molecule has 106 valence electrons. The molecule has 7 heteroatoms. The topological polar surface area (TPSA) is 77.5 Å². The predicted molar refractivity (Wildman–Crippen MR) is 76.4 cm³/mol. The largest absolute Gasteiger partial charge is 0.312 e. The van der Waals surface area contributed by atoms with E-state index in [-0.39, 0.29) is 28.0 Å². The molecule has 6 nitrogen and oxygen atoms in total. The minimum absolute atomic E-state index is 0.0249. The van der Waals surface area contributed by atoms with E-state index in [0.717, 1.165) is 0 Å². The van der Waals surface area contributed by atoms with Gasteiger partial charge in [-0.2, -0.15) is 0 Å². The third-order valence-corrected chi connectivity index (χ3v) is 3.21. The van der Waals surface area contributed by atoms with Crippen LogP contribution in [0.15, 0.2) is 17.1 Å². The fraction of sp³-hybridized carbons (Fsp3) is 0.385. The number of hydrogen-bond donors (Lipinski definition) is 0. The van der Waals surface area contributed by atoms with Gasteiger partial charge in [0, 0.05) is 12.3 Å². The summed E-state index contributed by atoms with van der Waals surface area (Å²) in [5.74, 6) is 0.236. The Morgan fingerprint density at radius 3 is 2.70 bits per heavy atom. The van der Waals surface area contributed by atoms with Crippen molar-refractivity contribution in [3.05, 3.63) is 49.0 Å². The average molecular weight is 296 g/mol. The Bertz CT molecular complexity index is 753. The van der Waals surface area contributed by atoms with Gasteiger partial charge in [0.2, 0.25) is 5.65 Å². The van der Waals surface area contributed by atoms with Crippen LogP contribution in [0, 0.1) is 23.0 Å². The maximum atomic E-state index is 12.4. The minimum atomic E-state index is -0.562. The number of pyridine rings is 1. The Morgan fingerprint density at radius 1 is 1.50 bits per heavy atom. The van der Waals surface area contributed by atoms with Crippen LogP contribution in [0.2, 0.25) is 5.15 Å². The zero-order valence-corrected chi connectivity index (χ0v) is 12.1. The van der Waals surface area contributed by atoms with E-state index in [1.54, 1.807) is 6.92 Å². The highest BCUT2D eigenvalue weighted by atomic mass is 35.5. The number of aryl methyl sites for hydroxylation is 1. The van der Waals surface area contributed by atoms with Crippen molar-refractivity contribution in [2.24, 2.45) is 5.92 Å². The smallest absolute Gasteiger partial charge is 0.269 e. The van der Waals surface area contributed by atoms with Crippen molar-refractivity contribution in [3.8, 4) is 0 Å². The first kappa shape index (κ1) is 14.5. The molecule has 2 heterocycles. The predicted octanol–water partition coefficient (Wildman–Crippen LogP) is 2.76. The van der Waals surface area contributed by atoms with Crippen LogP contribution in [0.25, 0.3) is 5.65 Å². The molecule has 0 aliphatic carbocycles. The first-order valence-electron chi connectivity index (χ1n) is 6.17. The van der Waals surface area contributed by atoms with E-state index in [4.69, 9.17) is 11.6 Å². The summed E-state index contributed by atoms with van der Waals surface area (Å²) in [6.07, 6.45) is 2.02. The first-order valence-corrected chi connectivity index (χ1v) is 6.54. The van der Waals surface area contributed by atoms with Gasteiger partial charge in [-0.05, 0) is 24.8 Å². The molecule has 0 N–H and O–H groups in total. The van der Waals surface area contributed by atoms with Crippen LogP contribution in [-0.2, 0) is 6.42 Å². The van der Waals surface area contributed by atoms with E-state index in [1.165, 1.54) is 16.7 Å². The molecule has 0 bridgehead atoms. The van der Waals surface area contributed by atoms with Crippen molar-refractivity contribution in [2.45, 2.75) is 27.2 Å². The third kappa shape index (κ3) is 2.51. The van der Waals surface area contributed by atoms with Gasteiger partial charge in [-0.3, -0.25) is 19.3 Å². The fourth-order valence-corrected chi connectivity index (χ4v) is 2.32. The molecule has 2 aromatic rings. The number of hydrogen-bond acceptors (Lipinski definition) is 4. The van der Waals surface area contributed by atoms with Crippen LogP contribution in [-0.4, -0.2) is 14.3 Å². The van der Waals surface area contributed by atoms with Gasteiger partial charge in [0.05, 0.1) is 10.5 Å². The lowest BCUT2D eigenvalue weighted by atomic mass is 10.1. The van der Waals surface area contributed by atoms with Gasteiger partial charge in [0.15, 0.2) is 0 Å². The zero-order chi connectivity index (χ0) is 15.0. The summed E-state index contributed by atoms with van der Waals surface area (Å²) in [6.45, 7) is 5.61. The van der Waals surface area contributed by atoms with E-state index >= 15 is 0 Å². The first-order chi connectivity index (χ1) is 9.31. The van der Waals surface area contributed by atoms with E-state index in [2.05, 4.69) is 4.98 Å². The van der Waals surface area contributed by atoms with Crippen LogP contribution in [0.4, 0.5) is 5.69 Å². The Balaban J connectivity index is 2.86. The van der Waals surface area contributed by atoms with Gasteiger partial charge in [-0.1, -0.05) is 25.4 Å². The Morgan fingerprint density at radius 2 is 2.15 bits per heavy atom. The molecule has 0 saturated carbocycles. The summed E-state index contributed by atoms with van der Waals surface area (Å²) in [6, 6.07) is 1.38. The maximum Gasteiger partial charge on any atom is 0.312 e. The lowest BCUT2D eigenvalue weighted by Crippen LogP contribution is -2.22. The molecule has 20 heavy (non-hydrogen) atoms. The van der Waals surface area contributed by atoms with Crippen molar-refractivity contribution < 1.29 is 4.92 Å². The SMILES string of the molecule is Cc1cc([N+](=O)[O-])c2nc(Cl)c(CC(C)C)c(=O)n2c1. The van der Waals surface area contributed by atoms with E-state index in [9.17, 15) is 14.9 Å². The lowest BCUT2D eigenvalue weighted by Gasteiger charge is -2.09. The van der Waals surface area contributed by atoms with Crippen LogP contribution in [0.5, 0.6) is 0 Å². The number of nitro groups is 1. The maximum absolute atomic E-state index is 12.4. The summed E-state index contributed by atoms with van der Waals surface area (Å²) in [5.41, 5.74) is 0.411. The molecule has 0 saturated heterocycles. The molecule has 0 fully saturated rings. The zero-order valence-electron chi connectivity index (χ0n) is 11.4. The van der Waals surface area contributed by atoms with Crippen LogP contribution < -0.4 is 5.56 Å². The number of halogens is 1. The molecule has 0 aromatic carbocycles. The van der Waals surface area contributed by atoms with Crippen molar-refractivity contribution >= 4 is 22.9 Å². The van der Waals surface area contributed by atoms with Crippen LogP contribution in [0.3, 0.4) is 0 Å². The molecule has 2 aromatic heterocycles. The molecule has 0 amide bonds. The Hall–Kier alpha value is -1.95. The lowest BCUT2D eigenvalue weighted by molar-refractivity contribution is -0.383. The normalized spacial score (nSPS) is 11.2. The van der Waals surface area contributed by atoms with Crippen molar-refractivity contribution in [2.75, 3.05) is 0 Å². The average Bonchev–Trinajstić information content (AvgIpc) is 2.34. The van der Waals surface area contributed by atoms with Gasteiger partial charge in [0.1, 0.15) is 5.15 Å². The van der Waals surface area contributed by atoms with Gasteiger partial charge < -0.3 is 0 Å². The summed E-state index contributed by atoms with van der Waals surface area (Å²) in [4.78, 5) is 27.0. The Labute approximate surface area is 120 Å². The van der Waals surface area contributed by atoms with Crippen LogP contribution >= 0.6 is 11.6 Å². The molecule has 0 aliphatic rings. The quantitative estimate of drug-likeness (QED) is 0.495. The molecule has 0 aliphatic heterocycles. The molecule has 0 unspecified atom stereocenters. The second-order valence-corrected chi connectivity index (χ2v) is 5.50. The van der Waals surface area contributed by atoms with Gasteiger partial charge in [-0.15, -0.1) is 0 Å². The molecule has 2 rings (SSSR count).